The maximum absolute atomic E-state index is 12.9. The van der Waals surface area contributed by atoms with Gasteiger partial charge in [0.25, 0.3) is 0 Å². The Bertz CT molecular complexity index is 737. The fourth-order valence-corrected chi connectivity index (χ4v) is 3.17. The summed E-state index contributed by atoms with van der Waals surface area (Å²) in [5.74, 6) is -0.510. The molecule has 2 aromatic rings. The van der Waals surface area contributed by atoms with Crippen LogP contribution in [0.2, 0.25) is 0 Å². The number of benzene rings is 2. The molecule has 4 nitrogen and oxygen atoms in total. The Morgan fingerprint density at radius 3 is 2.24 bits per heavy atom. The molecule has 0 radical (unpaired) electrons. The first-order chi connectivity index (χ1) is 10.0. The maximum atomic E-state index is 12.9. The molecule has 2 aromatic carbocycles. The molecule has 0 bridgehead atoms. The standard InChI is InChI=1S/C15H13FN2O2S/c16-14-6-8-15(9-7-14)21(19,20)18(11-10-17)12-13-4-2-1-3-5-13/h1-9H,11-12H2. The highest BCUT2D eigenvalue weighted by Crippen LogP contribution is 2.18. The lowest BCUT2D eigenvalue weighted by molar-refractivity contribution is 0.441. The maximum Gasteiger partial charge on any atom is 0.244 e. The number of nitrogens with zero attached hydrogens (tertiary/aromatic N) is 2. The van der Waals surface area contributed by atoms with Crippen LogP contribution >= 0.6 is 0 Å². The molecule has 0 aliphatic heterocycles. The van der Waals surface area contributed by atoms with Crippen LogP contribution in [0.1, 0.15) is 5.56 Å². The summed E-state index contributed by atoms with van der Waals surface area (Å²) in [6.07, 6.45) is 0. The number of halogens is 1. The molecule has 0 atom stereocenters. The molecule has 108 valence electrons. The molecular formula is C15H13FN2O2S. The van der Waals surface area contributed by atoms with Crippen molar-refractivity contribution in [1.29, 1.82) is 5.26 Å². The lowest BCUT2D eigenvalue weighted by Crippen LogP contribution is -2.31. The molecule has 0 aliphatic rings. The van der Waals surface area contributed by atoms with Crippen LogP contribution in [0.25, 0.3) is 0 Å². The highest BCUT2D eigenvalue weighted by atomic mass is 32.2. The van der Waals surface area contributed by atoms with Gasteiger partial charge in [-0.05, 0) is 29.8 Å². The zero-order valence-electron chi connectivity index (χ0n) is 11.1. The fourth-order valence-electron chi connectivity index (χ4n) is 1.85. The van der Waals surface area contributed by atoms with Gasteiger partial charge in [-0.1, -0.05) is 30.3 Å². The normalized spacial score (nSPS) is 11.3. The summed E-state index contributed by atoms with van der Waals surface area (Å²) < 4.78 is 39.0. The number of rotatable bonds is 5. The van der Waals surface area contributed by atoms with Gasteiger partial charge >= 0.3 is 0 Å². The Labute approximate surface area is 123 Å². The highest BCUT2D eigenvalue weighted by molar-refractivity contribution is 7.89. The van der Waals surface area contributed by atoms with Gasteiger partial charge in [-0.2, -0.15) is 9.57 Å². The van der Waals surface area contributed by atoms with E-state index in [1.165, 1.54) is 12.1 Å². The average Bonchev–Trinajstić information content (AvgIpc) is 2.48. The summed E-state index contributed by atoms with van der Waals surface area (Å²) in [5.41, 5.74) is 0.776. The molecular weight excluding hydrogens is 291 g/mol. The summed E-state index contributed by atoms with van der Waals surface area (Å²) in [5, 5.41) is 8.85. The molecule has 0 unspecified atom stereocenters. The Morgan fingerprint density at radius 2 is 1.67 bits per heavy atom. The van der Waals surface area contributed by atoms with Crippen molar-refractivity contribution >= 4 is 10.0 Å². The van der Waals surface area contributed by atoms with E-state index in [2.05, 4.69) is 0 Å². The van der Waals surface area contributed by atoms with Gasteiger partial charge in [-0.15, -0.1) is 0 Å². The van der Waals surface area contributed by atoms with Crippen molar-refractivity contribution in [2.75, 3.05) is 6.54 Å². The van der Waals surface area contributed by atoms with Crippen LogP contribution in [-0.2, 0) is 16.6 Å². The first-order valence-corrected chi connectivity index (χ1v) is 7.64. The molecule has 0 aliphatic carbocycles. The quantitative estimate of drug-likeness (QED) is 0.798. The molecule has 0 aromatic heterocycles. The zero-order chi connectivity index (χ0) is 15.3. The Hall–Kier alpha value is -2.23. The first-order valence-electron chi connectivity index (χ1n) is 6.20. The van der Waals surface area contributed by atoms with Gasteiger partial charge < -0.3 is 0 Å². The predicted molar refractivity (Wildman–Crippen MR) is 76.1 cm³/mol. The summed E-state index contributed by atoms with van der Waals surface area (Å²) >= 11 is 0. The van der Waals surface area contributed by atoms with E-state index < -0.39 is 15.8 Å². The third-order valence-electron chi connectivity index (χ3n) is 2.90. The second kappa shape index (κ2) is 6.48. The van der Waals surface area contributed by atoms with Crippen LogP contribution in [0.5, 0.6) is 0 Å². The second-order valence-corrected chi connectivity index (χ2v) is 6.31. The van der Waals surface area contributed by atoms with Crippen LogP contribution in [0.3, 0.4) is 0 Å². The largest absolute Gasteiger partial charge is 0.244 e. The minimum Gasteiger partial charge on any atom is -0.207 e. The number of sulfonamides is 1. The van der Waals surface area contributed by atoms with Crippen LogP contribution in [0.15, 0.2) is 59.5 Å². The van der Waals surface area contributed by atoms with Crippen LogP contribution < -0.4 is 0 Å². The average molecular weight is 304 g/mol. The van der Waals surface area contributed by atoms with Crippen LogP contribution in [0, 0.1) is 17.1 Å². The number of nitriles is 1. The smallest absolute Gasteiger partial charge is 0.207 e. The Morgan fingerprint density at radius 1 is 1.05 bits per heavy atom. The van der Waals surface area contributed by atoms with E-state index in [0.29, 0.717) is 0 Å². The summed E-state index contributed by atoms with van der Waals surface area (Å²) in [6, 6.07) is 15.4. The fraction of sp³-hybridized carbons (Fsp3) is 0.133. The van der Waals surface area contributed by atoms with E-state index in [-0.39, 0.29) is 18.0 Å². The number of hydrogen-bond acceptors (Lipinski definition) is 3. The van der Waals surface area contributed by atoms with E-state index in [4.69, 9.17) is 5.26 Å². The van der Waals surface area contributed by atoms with Crippen molar-refractivity contribution in [3.05, 3.63) is 66.0 Å². The third kappa shape index (κ3) is 3.66. The van der Waals surface area contributed by atoms with Gasteiger partial charge in [0.1, 0.15) is 12.4 Å². The van der Waals surface area contributed by atoms with Crippen LogP contribution in [0.4, 0.5) is 4.39 Å². The lowest BCUT2D eigenvalue weighted by Gasteiger charge is -2.19. The second-order valence-electron chi connectivity index (χ2n) is 4.37. The van der Waals surface area contributed by atoms with Gasteiger partial charge in [-0.3, -0.25) is 0 Å². The van der Waals surface area contributed by atoms with Crippen molar-refractivity contribution in [2.45, 2.75) is 11.4 Å². The minimum atomic E-state index is -3.83. The van der Waals surface area contributed by atoms with Crippen molar-refractivity contribution < 1.29 is 12.8 Å². The third-order valence-corrected chi connectivity index (χ3v) is 4.71. The molecule has 0 N–H and O–H groups in total. The van der Waals surface area contributed by atoms with Crippen molar-refractivity contribution in [3.8, 4) is 6.07 Å². The molecule has 0 fully saturated rings. The van der Waals surface area contributed by atoms with Crippen molar-refractivity contribution in [1.82, 2.24) is 4.31 Å². The summed E-state index contributed by atoms with van der Waals surface area (Å²) in [6.45, 7) is -0.178. The summed E-state index contributed by atoms with van der Waals surface area (Å²) in [7, 11) is -3.83. The molecule has 0 heterocycles. The van der Waals surface area contributed by atoms with Gasteiger partial charge in [0.15, 0.2) is 0 Å². The van der Waals surface area contributed by atoms with E-state index >= 15 is 0 Å². The lowest BCUT2D eigenvalue weighted by atomic mass is 10.2. The zero-order valence-corrected chi connectivity index (χ0v) is 11.9. The molecule has 0 spiro atoms. The number of hydrogen-bond donors (Lipinski definition) is 0. The predicted octanol–water partition coefficient (Wildman–Crippen LogP) is 2.54. The SMILES string of the molecule is N#CCN(Cc1ccccc1)S(=O)(=O)c1ccc(F)cc1. The molecule has 2 rings (SSSR count). The molecule has 0 amide bonds. The Kier molecular flexibility index (Phi) is 4.68. The van der Waals surface area contributed by atoms with Crippen molar-refractivity contribution in [3.63, 3.8) is 0 Å². The van der Waals surface area contributed by atoms with E-state index in [1.807, 2.05) is 12.1 Å². The van der Waals surface area contributed by atoms with Gasteiger partial charge in [0.2, 0.25) is 10.0 Å². The van der Waals surface area contributed by atoms with E-state index in [1.54, 1.807) is 24.3 Å². The molecule has 6 heteroatoms. The van der Waals surface area contributed by atoms with Crippen LogP contribution in [-0.4, -0.2) is 19.3 Å². The Balaban J connectivity index is 2.32. The summed E-state index contributed by atoms with van der Waals surface area (Å²) in [4.78, 5) is -0.0323. The topological polar surface area (TPSA) is 61.2 Å². The van der Waals surface area contributed by atoms with Gasteiger partial charge in [-0.25, -0.2) is 12.8 Å². The molecule has 0 saturated heterocycles. The molecule has 21 heavy (non-hydrogen) atoms. The van der Waals surface area contributed by atoms with Gasteiger partial charge in [0.05, 0.1) is 11.0 Å². The van der Waals surface area contributed by atoms with E-state index in [9.17, 15) is 12.8 Å². The minimum absolute atomic E-state index is 0.0323. The van der Waals surface area contributed by atoms with Crippen molar-refractivity contribution in [2.24, 2.45) is 0 Å². The van der Waals surface area contributed by atoms with E-state index in [0.717, 1.165) is 22.0 Å². The van der Waals surface area contributed by atoms with Gasteiger partial charge in [0, 0.05) is 6.54 Å². The monoisotopic (exact) mass is 304 g/mol. The highest BCUT2D eigenvalue weighted by Gasteiger charge is 2.24. The molecule has 0 saturated carbocycles. The first kappa shape index (κ1) is 15.2.